The molecule has 0 saturated carbocycles. The summed E-state index contributed by atoms with van der Waals surface area (Å²) in [6, 6.07) is 11.6. The van der Waals surface area contributed by atoms with Crippen LogP contribution in [0.15, 0.2) is 36.4 Å². The van der Waals surface area contributed by atoms with E-state index < -0.39 is 0 Å². The summed E-state index contributed by atoms with van der Waals surface area (Å²) in [6.07, 6.45) is -0.0625. The number of hydrogen-bond donors (Lipinski definition) is 1. The third-order valence-electron chi connectivity index (χ3n) is 4.04. The van der Waals surface area contributed by atoms with E-state index in [0.29, 0.717) is 5.75 Å². The van der Waals surface area contributed by atoms with Crippen molar-refractivity contribution < 1.29 is 14.6 Å². The predicted octanol–water partition coefficient (Wildman–Crippen LogP) is 4.16. The van der Waals surface area contributed by atoms with Crippen molar-refractivity contribution >= 4 is 21.5 Å². The van der Waals surface area contributed by atoms with Crippen LogP contribution in [0.1, 0.15) is 18.6 Å². The van der Waals surface area contributed by atoms with Gasteiger partial charge in [-0.3, -0.25) is 0 Å². The van der Waals surface area contributed by atoms with Gasteiger partial charge in [-0.25, -0.2) is 0 Å². The van der Waals surface area contributed by atoms with E-state index >= 15 is 0 Å². The van der Waals surface area contributed by atoms with Crippen LogP contribution in [0.5, 0.6) is 17.2 Å². The Morgan fingerprint density at radius 3 is 2.65 bits per heavy atom. The van der Waals surface area contributed by atoms with E-state index in [9.17, 15) is 5.11 Å². The highest BCUT2D eigenvalue weighted by molar-refractivity contribution is 6.15. The minimum Gasteiger partial charge on any atom is -0.507 e. The molecule has 0 unspecified atom stereocenters. The van der Waals surface area contributed by atoms with Crippen LogP contribution in [-0.2, 0) is 0 Å². The van der Waals surface area contributed by atoms with Crippen molar-refractivity contribution in [3.63, 3.8) is 0 Å². The Balaban J connectivity index is 2.32. The Morgan fingerprint density at radius 1 is 1.05 bits per heavy atom. The number of phenols is 1. The normalized spacial score (nSPS) is 16.6. The van der Waals surface area contributed by atoms with Gasteiger partial charge in [-0.05, 0) is 24.4 Å². The van der Waals surface area contributed by atoms with Crippen LogP contribution >= 0.6 is 0 Å². The second-order valence-corrected chi connectivity index (χ2v) is 5.12. The summed E-state index contributed by atoms with van der Waals surface area (Å²) in [5.74, 6) is 1.79. The van der Waals surface area contributed by atoms with Gasteiger partial charge in [-0.2, -0.15) is 0 Å². The lowest BCUT2D eigenvalue weighted by Crippen LogP contribution is -2.09. The molecule has 0 amide bonds. The Morgan fingerprint density at radius 2 is 1.85 bits per heavy atom. The van der Waals surface area contributed by atoms with Gasteiger partial charge in [0.05, 0.1) is 7.11 Å². The van der Waals surface area contributed by atoms with Gasteiger partial charge in [0, 0.05) is 21.7 Å². The van der Waals surface area contributed by atoms with E-state index in [4.69, 9.17) is 9.47 Å². The molecule has 0 spiro atoms. The molecule has 3 nitrogen and oxygen atoms in total. The average molecular weight is 266 g/mol. The van der Waals surface area contributed by atoms with Crippen LogP contribution < -0.4 is 9.47 Å². The molecule has 4 rings (SSSR count). The van der Waals surface area contributed by atoms with E-state index in [0.717, 1.165) is 38.6 Å². The Kier molecular flexibility index (Phi) is 2.16. The summed E-state index contributed by atoms with van der Waals surface area (Å²) >= 11 is 0. The topological polar surface area (TPSA) is 38.7 Å². The summed E-state index contributed by atoms with van der Waals surface area (Å²) in [5.41, 5.74) is 1.10. The zero-order chi connectivity index (χ0) is 13.9. The highest BCUT2D eigenvalue weighted by Crippen LogP contribution is 2.48. The molecular formula is C17H14O3. The van der Waals surface area contributed by atoms with Gasteiger partial charge in [-0.1, -0.05) is 24.3 Å². The van der Waals surface area contributed by atoms with Crippen LogP contribution in [0.25, 0.3) is 21.5 Å². The Hall–Kier alpha value is -2.42. The van der Waals surface area contributed by atoms with Gasteiger partial charge in [0.25, 0.3) is 0 Å². The molecule has 0 bridgehead atoms. The first-order valence-electron chi connectivity index (χ1n) is 6.62. The first-order valence-corrected chi connectivity index (χ1v) is 6.62. The standard InChI is InChI=1S/C17H14O3/c1-9-11-6-7-13(18)12-5-3-10-4-8-14(19-2)17(20-9)15(10)16(11)12/h3-9,18H,1-2H3/t9-/m1/s1. The molecule has 3 heteroatoms. The highest BCUT2D eigenvalue weighted by Gasteiger charge is 2.25. The van der Waals surface area contributed by atoms with E-state index in [1.54, 1.807) is 13.2 Å². The smallest absolute Gasteiger partial charge is 0.170 e. The molecule has 1 heterocycles. The predicted molar refractivity (Wildman–Crippen MR) is 78.7 cm³/mol. The summed E-state index contributed by atoms with van der Waals surface area (Å²) in [5, 5.41) is 14.1. The lowest BCUT2D eigenvalue weighted by atomic mass is 9.92. The van der Waals surface area contributed by atoms with Gasteiger partial charge in [0.2, 0.25) is 0 Å². The maximum atomic E-state index is 10.1. The van der Waals surface area contributed by atoms with E-state index in [2.05, 4.69) is 0 Å². The van der Waals surface area contributed by atoms with Crippen molar-refractivity contribution in [2.24, 2.45) is 0 Å². The fraction of sp³-hybridized carbons (Fsp3) is 0.176. The molecule has 1 aliphatic rings. The van der Waals surface area contributed by atoms with Crippen molar-refractivity contribution in [2.75, 3.05) is 7.11 Å². The molecule has 100 valence electrons. The van der Waals surface area contributed by atoms with Crippen molar-refractivity contribution in [1.82, 2.24) is 0 Å². The molecular weight excluding hydrogens is 252 g/mol. The lowest BCUT2D eigenvalue weighted by Gasteiger charge is -2.26. The van der Waals surface area contributed by atoms with Gasteiger partial charge in [0.1, 0.15) is 11.9 Å². The molecule has 0 saturated heterocycles. The minimum atomic E-state index is -0.0625. The van der Waals surface area contributed by atoms with Crippen molar-refractivity contribution in [3.05, 3.63) is 42.0 Å². The van der Waals surface area contributed by atoms with E-state index in [-0.39, 0.29) is 6.10 Å². The monoisotopic (exact) mass is 266 g/mol. The van der Waals surface area contributed by atoms with Gasteiger partial charge in [0.15, 0.2) is 11.5 Å². The molecule has 0 aromatic heterocycles. The fourth-order valence-electron chi connectivity index (χ4n) is 3.08. The van der Waals surface area contributed by atoms with Crippen molar-refractivity contribution in [1.29, 1.82) is 0 Å². The summed E-state index contributed by atoms with van der Waals surface area (Å²) in [7, 11) is 1.64. The third-order valence-corrected chi connectivity index (χ3v) is 4.04. The molecule has 0 radical (unpaired) electrons. The van der Waals surface area contributed by atoms with Gasteiger partial charge in [-0.15, -0.1) is 0 Å². The van der Waals surface area contributed by atoms with Crippen LogP contribution in [0, 0.1) is 0 Å². The highest BCUT2D eigenvalue weighted by atomic mass is 16.5. The number of benzene rings is 3. The third kappa shape index (κ3) is 1.29. The minimum absolute atomic E-state index is 0.0625. The summed E-state index contributed by atoms with van der Waals surface area (Å²) in [4.78, 5) is 0. The lowest BCUT2D eigenvalue weighted by molar-refractivity contribution is 0.217. The van der Waals surface area contributed by atoms with Crippen LogP contribution in [-0.4, -0.2) is 12.2 Å². The zero-order valence-electron chi connectivity index (χ0n) is 11.3. The molecule has 1 N–H and O–H groups in total. The molecule has 3 aromatic carbocycles. The van der Waals surface area contributed by atoms with Gasteiger partial charge < -0.3 is 14.6 Å². The molecule has 20 heavy (non-hydrogen) atoms. The number of rotatable bonds is 1. The maximum absolute atomic E-state index is 10.1. The van der Waals surface area contributed by atoms with E-state index in [1.807, 2.05) is 37.3 Å². The first-order chi connectivity index (χ1) is 9.70. The van der Waals surface area contributed by atoms with E-state index in [1.165, 1.54) is 0 Å². The largest absolute Gasteiger partial charge is 0.507 e. The fourth-order valence-corrected chi connectivity index (χ4v) is 3.08. The SMILES string of the molecule is COc1ccc2ccc3c(O)ccc4c3c2c1O[C@@H]4C. The van der Waals surface area contributed by atoms with Crippen LogP contribution in [0.2, 0.25) is 0 Å². The molecule has 0 aliphatic carbocycles. The summed E-state index contributed by atoms with van der Waals surface area (Å²) < 4.78 is 11.5. The molecule has 1 aliphatic heterocycles. The maximum Gasteiger partial charge on any atom is 0.170 e. The molecule has 3 aromatic rings. The van der Waals surface area contributed by atoms with Crippen LogP contribution in [0.3, 0.4) is 0 Å². The Bertz CT molecular complexity index is 852. The number of aromatic hydroxyl groups is 1. The first kappa shape index (κ1) is 11.4. The molecule has 1 atom stereocenters. The zero-order valence-corrected chi connectivity index (χ0v) is 11.3. The Labute approximate surface area is 116 Å². The van der Waals surface area contributed by atoms with Crippen LogP contribution in [0.4, 0.5) is 0 Å². The van der Waals surface area contributed by atoms with Crippen molar-refractivity contribution in [2.45, 2.75) is 13.0 Å². The van der Waals surface area contributed by atoms with Crippen molar-refractivity contribution in [3.8, 4) is 17.2 Å². The number of ether oxygens (including phenoxy) is 2. The second kappa shape index (κ2) is 3.79. The molecule has 0 fully saturated rings. The van der Waals surface area contributed by atoms with Gasteiger partial charge >= 0.3 is 0 Å². The quantitative estimate of drug-likeness (QED) is 0.672. The second-order valence-electron chi connectivity index (χ2n) is 5.12. The average Bonchev–Trinajstić information content (AvgIpc) is 2.47. The number of methoxy groups -OCH3 is 1. The summed E-state index contributed by atoms with van der Waals surface area (Å²) in [6.45, 7) is 2.01. The number of hydrogen-bond acceptors (Lipinski definition) is 3. The number of phenolic OH excluding ortho intramolecular Hbond substituents is 1.